The summed E-state index contributed by atoms with van der Waals surface area (Å²) in [5.74, 6) is 0.172. The van der Waals surface area contributed by atoms with Crippen molar-refractivity contribution >= 4 is 35.1 Å². The van der Waals surface area contributed by atoms with Crippen LogP contribution in [0.25, 0.3) is 11.1 Å². The molecule has 1 unspecified atom stereocenters. The zero-order valence-corrected chi connectivity index (χ0v) is 35.5. The van der Waals surface area contributed by atoms with Gasteiger partial charge in [-0.25, -0.2) is 4.79 Å². The molecule has 63 heavy (non-hydrogen) atoms. The monoisotopic (exact) mass is 895 g/mol. The number of carbonyl (C=O) groups excluding carboxylic acids is 1. The number of carboxylic acid groups (broad SMARTS) is 1. The number of rotatable bonds is 13. The molecule has 0 aliphatic carbocycles. The van der Waals surface area contributed by atoms with Crippen LogP contribution in [0.5, 0.6) is 17.2 Å². The Bertz CT molecular complexity index is 2600. The van der Waals surface area contributed by atoms with Crippen LogP contribution in [0.15, 0.2) is 128 Å². The molecule has 0 fully saturated rings. The minimum Gasteiger partial charge on any atom is -0.489 e. The summed E-state index contributed by atoms with van der Waals surface area (Å²) in [6.45, 7) is 3.03. The third-order valence-electron chi connectivity index (χ3n) is 11.4. The first-order chi connectivity index (χ1) is 30.3. The molecule has 8 rings (SSSR count). The predicted molar refractivity (Wildman–Crippen MR) is 233 cm³/mol. The number of nitrogens with one attached hydrogen (secondary N) is 1. The van der Waals surface area contributed by atoms with E-state index in [-0.39, 0.29) is 25.2 Å². The lowest BCUT2D eigenvalue weighted by Gasteiger charge is -2.42. The second kappa shape index (κ2) is 18.7. The highest BCUT2D eigenvalue weighted by molar-refractivity contribution is 6.42. The molecule has 0 spiro atoms. The Morgan fingerprint density at radius 1 is 0.873 bits per heavy atom. The second-order valence-electron chi connectivity index (χ2n) is 15.5. The molecule has 0 bridgehead atoms. The number of aliphatic carboxylic acids is 1. The Hall–Kier alpha value is -6.08. The van der Waals surface area contributed by atoms with Crippen LogP contribution in [0.2, 0.25) is 10.0 Å². The standard InChI is InChI=1S/C49H42Cl2F3N3O6/c1-2-41(32-6-4-3-5-7-32)57-26-36-24-44-43(62-28-45(63-44)33-13-15-37(16-14-33)61-27-30-10-17-38(50)39(51)20-30)23-35(36)22-42(57)47(58)56-40(48(59)60)21-29-8-11-31(12-9-29)34-18-19-55-46(25-34)49(52,53)54/h3-20,23-25,40-42,45H,2,21-22,26-28H2,1H3,(H,56,58)(H,59,60)/t40?,41-,42-,45+/m0/s1. The number of ether oxygens (including phenoxy) is 3. The summed E-state index contributed by atoms with van der Waals surface area (Å²) in [7, 11) is 0. The number of pyridine rings is 1. The van der Waals surface area contributed by atoms with Gasteiger partial charge in [-0.2, -0.15) is 13.2 Å². The van der Waals surface area contributed by atoms with Gasteiger partial charge in [0, 0.05) is 25.2 Å². The molecule has 3 heterocycles. The van der Waals surface area contributed by atoms with Gasteiger partial charge in [-0.3, -0.25) is 14.7 Å². The van der Waals surface area contributed by atoms with Gasteiger partial charge in [0.2, 0.25) is 5.91 Å². The number of hydrogen-bond donors (Lipinski definition) is 2. The summed E-state index contributed by atoms with van der Waals surface area (Å²) in [4.78, 5) is 32.6. The number of halogens is 5. The van der Waals surface area contributed by atoms with Gasteiger partial charge in [0.25, 0.3) is 0 Å². The number of fused-ring (bicyclic) bond motifs is 2. The zero-order chi connectivity index (χ0) is 44.3. The van der Waals surface area contributed by atoms with Crippen molar-refractivity contribution in [1.29, 1.82) is 0 Å². The van der Waals surface area contributed by atoms with Crippen molar-refractivity contribution in [2.75, 3.05) is 6.61 Å². The normalized spacial score (nSPS) is 17.0. The Labute approximate surface area is 372 Å². The van der Waals surface area contributed by atoms with E-state index in [2.05, 4.69) is 22.1 Å². The Morgan fingerprint density at radius 2 is 1.60 bits per heavy atom. The van der Waals surface area contributed by atoms with Crippen molar-refractivity contribution in [3.8, 4) is 28.4 Å². The van der Waals surface area contributed by atoms with E-state index in [0.717, 1.165) is 40.1 Å². The summed E-state index contributed by atoms with van der Waals surface area (Å²) in [6.07, 6.45) is -2.94. The maximum Gasteiger partial charge on any atom is 0.433 e. The van der Waals surface area contributed by atoms with Gasteiger partial charge >= 0.3 is 12.1 Å². The molecule has 0 saturated carbocycles. The lowest BCUT2D eigenvalue weighted by Crippen LogP contribution is -2.55. The van der Waals surface area contributed by atoms with E-state index in [9.17, 15) is 27.9 Å². The number of alkyl halides is 3. The lowest BCUT2D eigenvalue weighted by molar-refractivity contribution is -0.143. The second-order valence-corrected chi connectivity index (χ2v) is 16.4. The minimum atomic E-state index is -4.59. The quantitative estimate of drug-likeness (QED) is 0.118. The molecule has 2 N–H and O–H groups in total. The molecule has 1 aromatic heterocycles. The van der Waals surface area contributed by atoms with Gasteiger partial charge in [-0.05, 0) is 106 Å². The molecule has 2 aliphatic heterocycles. The molecule has 5 aromatic carbocycles. The zero-order valence-electron chi connectivity index (χ0n) is 33.9. The van der Waals surface area contributed by atoms with E-state index in [4.69, 9.17) is 37.4 Å². The fourth-order valence-electron chi connectivity index (χ4n) is 8.12. The van der Waals surface area contributed by atoms with Crippen molar-refractivity contribution < 1.29 is 42.1 Å². The summed E-state index contributed by atoms with van der Waals surface area (Å²) in [5.41, 5.74) is 5.09. The van der Waals surface area contributed by atoms with Crippen LogP contribution in [-0.2, 0) is 41.8 Å². The van der Waals surface area contributed by atoms with Crippen molar-refractivity contribution in [3.05, 3.63) is 177 Å². The molecule has 6 aromatic rings. The van der Waals surface area contributed by atoms with Crippen LogP contribution in [-0.4, -0.2) is 45.6 Å². The molecular formula is C49H42Cl2F3N3O6. The van der Waals surface area contributed by atoms with E-state index in [1.807, 2.05) is 72.8 Å². The van der Waals surface area contributed by atoms with Gasteiger partial charge in [-0.1, -0.05) is 103 Å². The first kappa shape index (κ1) is 43.6. The first-order valence-corrected chi connectivity index (χ1v) is 21.2. The van der Waals surface area contributed by atoms with Gasteiger partial charge in [-0.15, -0.1) is 0 Å². The molecule has 4 atom stereocenters. The fourth-order valence-corrected chi connectivity index (χ4v) is 8.44. The minimum absolute atomic E-state index is 0.0426. The van der Waals surface area contributed by atoms with Crippen LogP contribution >= 0.6 is 23.2 Å². The average molecular weight is 897 g/mol. The first-order valence-electron chi connectivity index (χ1n) is 20.4. The molecule has 0 saturated heterocycles. The van der Waals surface area contributed by atoms with Crippen molar-refractivity contribution in [2.24, 2.45) is 0 Å². The summed E-state index contributed by atoms with van der Waals surface area (Å²) in [6, 6.07) is 33.6. The largest absolute Gasteiger partial charge is 0.489 e. The van der Waals surface area contributed by atoms with E-state index < -0.39 is 35.8 Å². The predicted octanol–water partition coefficient (Wildman–Crippen LogP) is 10.9. The number of carboxylic acids is 1. The van der Waals surface area contributed by atoms with E-state index in [1.165, 1.54) is 6.07 Å². The molecule has 324 valence electrons. The SMILES string of the molecule is CC[C@@H](c1ccccc1)N1Cc2cc3c(cc2C[C@H]1C(=O)NC(Cc1ccc(-c2ccnc(C(F)(F)F)c2)cc1)C(=O)O)OC[C@H](c1ccc(OCc2ccc(Cl)c(Cl)c2)cc1)O3. The fraction of sp³-hybridized carbons (Fsp3) is 0.245. The third-order valence-corrected chi connectivity index (χ3v) is 12.1. The van der Waals surface area contributed by atoms with E-state index in [0.29, 0.717) is 70.0 Å². The number of carbonyl (C=O) groups is 2. The molecule has 1 amide bonds. The van der Waals surface area contributed by atoms with Crippen LogP contribution < -0.4 is 19.5 Å². The van der Waals surface area contributed by atoms with Crippen LogP contribution in [0.1, 0.15) is 64.6 Å². The number of amides is 1. The third kappa shape index (κ3) is 10.1. The highest BCUT2D eigenvalue weighted by atomic mass is 35.5. The highest BCUT2D eigenvalue weighted by Gasteiger charge is 2.39. The van der Waals surface area contributed by atoms with Crippen LogP contribution in [0.3, 0.4) is 0 Å². The van der Waals surface area contributed by atoms with Gasteiger partial charge in [0.1, 0.15) is 30.7 Å². The Morgan fingerprint density at radius 3 is 2.30 bits per heavy atom. The van der Waals surface area contributed by atoms with Gasteiger partial charge < -0.3 is 24.6 Å². The molecule has 9 nitrogen and oxygen atoms in total. The van der Waals surface area contributed by atoms with E-state index >= 15 is 0 Å². The highest BCUT2D eigenvalue weighted by Crippen LogP contribution is 2.43. The van der Waals surface area contributed by atoms with Gasteiger partial charge in [0.15, 0.2) is 17.6 Å². The maximum atomic E-state index is 14.4. The van der Waals surface area contributed by atoms with Crippen LogP contribution in [0, 0.1) is 0 Å². The average Bonchev–Trinajstić information content (AvgIpc) is 3.29. The smallest absolute Gasteiger partial charge is 0.433 e. The summed E-state index contributed by atoms with van der Waals surface area (Å²) < 4.78 is 58.6. The summed E-state index contributed by atoms with van der Waals surface area (Å²) in [5, 5.41) is 14.1. The van der Waals surface area contributed by atoms with Crippen LogP contribution in [0.4, 0.5) is 13.2 Å². The molecular weight excluding hydrogens is 854 g/mol. The topological polar surface area (TPSA) is 110 Å². The number of hydrogen-bond acceptors (Lipinski definition) is 7. The maximum absolute atomic E-state index is 14.4. The number of aromatic nitrogens is 1. The number of benzene rings is 5. The van der Waals surface area contributed by atoms with Gasteiger partial charge in [0.05, 0.1) is 16.1 Å². The molecule has 14 heteroatoms. The van der Waals surface area contributed by atoms with Crippen molar-refractivity contribution in [1.82, 2.24) is 15.2 Å². The lowest BCUT2D eigenvalue weighted by atomic mass is 9.89. The number of nitrogens with zero attached hydrogens (tertiary/aromatic N) is 2. The summed E-state index contributed by atoms with van der Waals surface area (Å²) >= 11 is 12.2. The van der Waals surface area contributed by atoms with Crippen molar-refractivity contribution in [2.45, 2.75) is 69.7 Å². The Kier molecular flexibility index (Phi) is 12.9. The molecule has 0 radical (unpaired) electrons. The van der Waals surface area contributed by atoms with E-state index in [1.54, 1.807) is 36.4 Å². The Balaban J connectivity index is 0.986. The molecule has 2 aliphatic rings. The van der Waals surface area contributed by atoms with Crippen molar-refractivity contribution in [3.63, 3.8) is 0 Å².